The summed E-state index contributed by atoms with van der Waals surface area (Å²) >= 11 is 0. The minimum atomic E-state index is -2.01. The van der Waals surface area contributed by atoms with Crippen LogP contribution in [0.15, 0.2) is 5.16 Å². The minimum absolute atomic E-state index is 0.0546. The van der Waals surface area contributed by atoms with Gasteiger partial charge in [-0.1, -0.05) is 53.6 Å². The number of hydrogen-bond donors (Lipinski definition) is 3. The molecule has 1 saturated carbocycles. The third-order valence-electron chi connectivity index (χ3n) is 15.6. The summed E-state index contributed by atoms with van der Waals surface area (Å²) in [4.78, 5) is 51.4. The summed E-state index contributed by atoms with van der Waals surface area (Å²) in [6, 6.07) is 0.0918. The van der Waals surface area contributed by atoms with E-state index in [2.05, 4.69) is 17.0 Å². The number of cyclic esters (lactones) is 1. The van der Waals surface area contributed by atoms with Crippen molar-refractivity contribution in [2.45, 2.75) is 226 Å². The average Bonchev–Trinajstić information content (AvgIpc) is 4.15. The maximum atomic E-state index is 15.3. The molecule has 0 aromatic carbocycles. The topological polar surface area (TPSA) is 229 Å². The Balaban J connectivity index is 1.61. The molecule has 4 aliphatic heterocycles. The van der Waals surface area contributed by atoms with Gasteiger partial charge in [0.1, 0.15) is 49.3 Å². The molecule has 5 rings (SSSR count). The molecule has 0 radical (unpaired) electrons. The first-order chi connectivity index (χ1) is 33.8. The lowest BCUT2D eigenvalue weighted by molar-refractivity contribution is -0.305. The summed E-state index contributed by atoms with van der Waals surface area (Å²) in [6.45, 7) is 25.2. The number of carbonyl (C=O) groups is 3. The van der Waals surface area contributed by atoms with Gasteiger partial charge in [0, 0.05) is 70.4 Å². The van der Waals surface area contributed by atoms with E-state index in [1.54, 1.807) is 27.7 Å². The summed E-state index contributed by atoms with van der Waals surface area (Å²) in [5.41, 5.74) is -1.69. The van der Waals surface area contributed by atoms with Crippen LogP contribution >= 0.6 is 0 Å². The predicted molar refractivity (Wildman–Crippen MR) is 264 cm³/mol. The third kappa shape index (κ3) is 15.4. The number of esters is 2. The lowest BCUT2D eigenvalue weighted by Crippen LogP contribution is -2.59. The van der Waals surface area contributed by atoms with Crippen molar-refractivity contribution in [2.24, 2.45) is 52.5 Å². The molecule has 5 aliphatic rings. The number of nitrogens with zero attached hydrogens (tertiary/aromatic N) is 2. The molecule has 5 fully saturated rings. The Labute approximate surface area is 428 Å². The highest BCUT2D eigenvalue weighted by Crippen LogP contribution is 2.40. The van der Waals surface area contributed by atoms with Gasteiger partial charge in [-0.15, -0.1) is 0 Å². The smallest absolute Gasteiger partial charge is 0.311 e. The SMILES string of the molecule is CON=C1C[C@@H](C)O[C@@H](O[C@@H]2[C@@H](C)[C@H](O[C@H]3CC(C)N(CC4CC4)C[C@H](C)O3)[C@@H](C)C(=O)O[C@H]([C@@H](C)CO[C@@H]3O[C@H](C)[C@@H](O)[C@@H](OC)[C@H]3OC)[C@H](C)[C@@H](OC(=O)CC(C)C)[C@@H](C)C(=O)[C@@](C)(O)C[C@@H]2C)[C@@H]1O. The molecule has 0 amide bonds. The first-order valence-electron chi connectivity index (χ1n) is 26.6. The maximum Gasteiger partial charge on any atom is 0.311 e. The first kappa shape index (κ1) is 60.5. The van der Waals surface area contributed by atoms with Gasteiger partial charge in [0.25, 0.3) is 0 Å². The Bertz CT molecular complexity index is 1770. The molecule has 3 N–H and O–H groups in total. The Morgan fingerprint density at radius 1 is 0.819 bits per heavy atom. The zero-order valence-corrected chi connectivity index (χ0v) is 46.1. The fourth-order valence-corrected chi connectivity index (χ4v) is 11.5. The predicted octanol–water partition coefficient (Wildman–Crippen LogP) is 5.05. The Morgan fingerprint density at radius 2 is 1.49 bits per heavy atom. The normalized spacial score (nSPS) is 43.4. The number of oxime groups is 1. The van der Waals surface area contributed by atoms with E-state index in [0.717, 1.165) is 6.54 Å². The molecule has 1 aliphatic carbocycles. The fraction of sp³-hybridized carbons (Fsp3) is 0.925. The van der Waals surface area contributed by atoms with Gasteiger partial charge in [0.05, 0.1) is 54.7 Å². The van der Waals surface area contributed by atoms with Crippen LogP contribution in [0, 0.1) is 47.3 Å². The van der Waals surface area contributed by atoms with E-state index < -0.39 is 139 Å². The van der Waals surface area contributed by atoms with Crippen molar-refractivity contribution >= 4 is 23.4 Å². The van der Waals surface area contributed by atoms with Crippen LogP contribution in [0.2, 0.25) is 0 Å². The molecule has 1 unspecified atom stereocenters. The third-order valence-corrected chi connectivity index (χ3v) is 15.6. The lowest BCUT2D eigenvalue weighted by Gasteiger charge is -2.44. The van der Waals surface area contributed by atoms with E-state index in [1.165, 1.54) is 41.1 Å². The number of ether oxygens (including phenoxy) is 10. The number of methoxy groups -OCH3 is 2. The lowest BCUT2D eigenvalue weighted by atomic mass is 9.74. The van der Waals surface area contributed by atoms with Crippen LogP contribution in [-0.2, 0) is 66.6 Å². The van der Waals surface area contributed by atoms with Crippen LogP contribution in [0.4, 0.5) is 0 Å². The highest BCUT2D eigenvalue weighted by atomic mass is 16.7. The molecule has 0 aromatic heterocycles. The standard InChI is InChI=1S/C53H92N2O17/c1-26(2)19-39(56)69-45-33(9)44(28(4)25-65-52-48(63-15)47(62-14)41(57)36(12)68-52)71-50(60)35(11)46(70-40-20-29(5)55(23-31(7)66-40)24-37-17-18-37)32(8)43(27(3)22-53(13,61)49(59)34(45)10)72-51-42(58)38(54-64-16)21-30(6)67-51/h26-37,40-48,51-52,57-58,61H,17-25H2,1-16H3/t27-,28-,29?,30+,31-,32+,33-,34+,35+,36+,40-,41+,42+,43-,44+,45+,46-,47+,48+,51-,52+,53-/m0/s1. The number of aliphatic hydroxyl groups excluding tert-OH is 2. The average molecular weight is 1030 g/mol. The van der Waals surface area contributed by atoms with E-state index in [4.69, 9.17) is 52.2 Å². The van der Waals surface area contributed by atoms with Gasteiger partial charge in [-0.3, -0.25) is 19.3 Å². The van der Waals surface area contributed by atoms with Crippen molar-refractivity contribution in [1.82, 2.24) is 4.90 Å². The minimum Gasteiger partial charge on any atom is -0.461 e. The van der Waals surface area contributed by atoms with E-state index in [1.807, 2.05) is 48.5 Å². The molecule has 19 nitrogen and oxygen atoms in total. The summed E-state index contributed by atoms with van der Waals surface area (Å²) in [6.07, 6.45) is -9.26. The second kappa shape index (κ2) is 26.6. The van der Waals surface area contributed by atoms with Gasteiger partial charge in [0.15, 0.2) is 24.7 Å². The van der Waals surface area contributed by atoms with Crippen molar-refractivity contribution in [1.29, 1.82) is 0 Å². The van der Waals surface area contributed by atoms with Crippen LogP contribution in [0.5, 0.6) is 0 Å². The Kier molecular flexibility index (Phi) is 22.3. The van der Waals surface area contributed by atoms with E-state index in [-0.39, 0.29) is 43.9 Å². The fourth-order valence-electron chi connectivity index (χ4n) is 11.5. The maximum absolute atomic E-state index is 15.3. The molecule has 0 aromatic rings. The molecule has 72 heavy (non-hydrogen) atoms. The molecule has 19 heteroatoms. The van der Waals surface area contributed by atoms with Crippen molar-refractivity contribution < 1.29 is 81.9 Å². The monoisotopic (exact) mass is 1030 g/mol. The van der Waals surface area contributed by atoms with Crippen LogP contribution in [0.1, 0.15) is 129 Å². The van der Waals surface area contributed by atoms with Crippen LogP contribution in [0.3, 0.4) is 0 Å². The molecule has 0 bridgehead atoms. The second-order valence-corrected chi connectivity index (χ2v) is 22.8. The molecule has 0 spiro atoms. The Hall–Kier alpha value is -2.40. The first-order valence-corrected chi connectivity index (χ1v) is 26.6. The van der Waals surface area contributed by atoms with Gasteiger partial charge in [-0.05, 0) is 78.6 Å². The van der Waals surface area contributed by atoms with Crippen molar-refractivity contribution in [3.63, 3.8) is 0 Å². The zero-order chi connectivity index (χ0) is 53.5. The van der Waals surface area contributed by atoms with Crippen molar-refractivity contribution in [3.05, 3.63) is 0 Å². The quantitative estimate of drug-likeness (QED) is 0.136. The van der Waals surface area contributed by atoms with E-state index >= 15 is 4.79 Å². The largest absolute Gasteiger partial charge is 0.461 e. The number of hydrogen-bond acceptors (Lipinski definition) is 19. The van der Waals surface area contributed by atoms with Crippen LogP contribution in [-0.4, -0.2) is 182 Å². The molecular weight excluding hydrogens is 937 g/mol. The molecule has 4 saturated heterocycles. The van der Waals surface area contributed by atoms with E-state index in [9.17, 15) is 24.9 Å². The highest BCUT2D eigenvalue weighted by Gasteiger charge is 2.51. The van der Waals surface area contributed by atoms with Gasteiger partial charge in [-0.2, -0.15) is 0 Å². The number of ketones is 1. The summed E-state index contributed by atoms with van der Waals surface area (Å²) in [5, 5.41) is 39.0. The number of Topliss-reactive ketones (excluding diaryl/α,β-unsaturated/α-hetero) is 1. The molecule has 22 atom stereocenters. The highest BCUT2D eigenvalue weighted by molar-refractivity contribution is 5.90. The summed E-state index contributed by atoms with van der Waals surface area (Å²) in [7, 11) is 4.33. The summed E-state index contributed by atoms with van der Waals surface area (Å²) in [5.74, 6) is -6.14. The molecular formula is C53H92N2O17. The van der Waals surface area contributed by atoms with Crippen molar-refractivity contribution in [3.8, 4) is 0 Å². The second-order valence-electron chi connectivity index (χ2n) is 22.8. The molecule has 4 heterocycles. The van der Waals surface area contributed by atoms with Gasteiger partial charge in [-0.25, -0.2) is 0 Å². The van der Waals surface area contributed by atoms with Crippen molar-refractivity contribution in [2.75, 3.05) is 41.0 Å². The number of carbonyl (C=O) groups excluding carboxylic acids is 3. The van der Waals surface area contributed by atoms with Gasteiger partial charge >= 0.3 is 11.9 Å². The molecule has 416 valence electrons. The number of rotatable bonds is 16. The summed E-state index contributed by atoms with van der Waals surface area (Å²) < 4.78 is 63.6. The van der Waals surface area contributed by atoms with Crippen LogP contribution in [0.25, 0.3) is 0 Å². The van der Waals surface area contributed by atoms with Gasteiger partial charge in [0.2, 0.25) is 0 Å². The van der Waals surface area contributed by atoms with Crippen LogP contribution < -0.4 is 0 Å². The zero-order valence-electron chi connectivity index (χ0n) is 46.1. The number of aliphatic hydroxyl groups is 3. The van der Waals surface area contributed by atoms with Gasteiger partial charge < -0.3 is 67.5 Å². The Morgan fingerprint density at radius 3 is 2.10 bits per heavy atom. The van der Waals surface area contributed by atoms with E-state index in [0.29, 0.717) is 24.6 Å².